The highest BCUT2D eigenvalue weighted by Gasteiger charge is 2.16. The van der Waals surface area contributed by atoms with Crippen molar-refractivity contribution in [2.24, 2.45) is 0 Å². The number of nitrogen functional groups attached to an aromatic ring is 1. The monoisotopic (exact) mass is 230 g/mol. The number of piperazine rings is 1. The zero-order chi connectivity index (χ0) is 12.1. The van der Waals surface area contributed by atoms with Gasteiger partial charge in [-0.25, -0.2) is 0 Å². The summed E-state index contributed by atoms with van der Waals surface area (Å²) in [6.45, 7) is 4.96. The van der Waals surface area contributed by atoms with Crippen molar-refractivity contribution in [1.82, 2.24) is 4.90 Å². The molecule has 1 aliphatic heterocycles. The number of nitriles is 1. The van der Waals surface area contributed by atoms with E-state index >= 15 is 0 Å². The fraction of sp³-hybridized carbons (Fsp3) is 0.462. The molecule has 1 heterocycles. The van der Waals surface area contributed by atoms with Gasteiger partial charge in [-0.05, 0) is 18.2 Å². The molecule has 90 valence electrons. The molecule has 0 amide bonds. The highest BCUT2D eigenvalue weighted by atomic mass is 15.3. The molecule has 1 fully saturated rings. The molecule has 1 aliphatic rings. The first-order chi connectivity index (χ1) is 8.29. The second kappa shape index (κ2) is 5.55. The predicted octanol–water partition coefficient (Wildman–Crippen LogP) is 1.30. The van der Waals surface area contributed by atoms with E-state index in [9.17, 15) is 0 Å². The molecule has 1 aromatic rings. The largest absolute Gasteiger partial charge is 0.399 e. The van der Waals surface area contributed by atoms with Crippen molar-refractivity contribution in [2.75, 3.05) is 43.4 Å². The molecule has 0 saturated carbocycles. The summed E-state index contributed by atoms with van der Waals surface area (Å²) in [6.07, 6.45) is 0.623. The van der Waals surface area contributed by atoms with Crippen molar-refractivity contribution in [2.45, 2.75) is 6.42 Å². The molecular formula is C13H18N4. The van der Waals surface area contributed by atoms with Crippen LogP contribution in [-0.4, -0.2) is 37.6 Å². The predicted molar refractivity (Wildman–Crippen MR) is 69.7 cm³/mol. The molecule has 0 radical (unpaired) electrons. The number of hydrogen-bond acceptors (Lipinski definition) is 4. The van der Waals surface area contributed by atoms with Crippen LogP contribution >= 0.6 is 0 Å². The van der Waals surface area contributed by atoms with E-state index < -0.39 is 0 Å². The maximum Gasteiger partial charge on any atom is 0.0635 e. The van der Waals surface area contributed by atoms with E-state index in [1.54, 1.807) is 0 Å². The minimum atomic E-state index is 0.623. The molecule has 0 spiro atoms. The lowest BCUT2D eigenvalue weighted by molar-refractivity contribution is 0.263. The minimum Gasteiger partial charge on any atom is -0.399 e. The normalized spacial score (nSPS) is 16.8. The molecule has 1 aromatic carbocycles. The molecule has 0 aromatic heterocycles. The third-order valence-electron chi connectivity index (χ3n) is 3.15. The van der Waals surface area contributed by atoms with Crippen LogP contribution in [0.25, 0.3) is 0 Å². The van der Waals surface area contributed by atoms with Crippen molar-refractivity contribution in [3.05, 3.63) is 24.3 Å². The Morgan fingerprint density at radius 2 is 2.00 bits per heavy atom. The van der Waals surface area contributed by atoms with Crippen molar-refractivity contribution >= 4 is 11.4 Å². The zero-order valence-electron chi connectivity index (χ0n) is 9.97. The third kappa shape index (κ3) is 3.11. The first kappa shape index (κ1) is 11.7. The number of hydrogen-bond donors (Lipinski definition) is 1. The third-order valence-corrected chi connectivity index (χ3v) is 3.15. The van der Waals surface area contributed by atoms with Crippen LogP contribution in [0.15, 0.2) is 24.3 Å². The van der Waals surface area contributed by atoms with Gasteiger partial charge < -0.3 is 10.6 Å². The number of anilines is 2. The molecule has 1 saturated heterocycles. The van der Waals surface area contributed by atoms with Gasteiger partial charge in [0.1, 0.15) is 0 Å². The molecule has 0 atom stereocenters. The van der Waals surface area contributed by atoms with Gasteiger partial charge in [0.25, 0.3) is 0 Å². The van der Waals surface area contributed by atoms with Gasteiger partial charge in [-0.2, -0.15) is 5.26 Å². The second-order valence-corrected chi connectivity index (χ2v) is 4.33. The maximum absolute atomic E-state index is 8.56. The van der Waals surface area contributed by atoms with E-state index in [4.69, 9.17) is 11.0 Å². The standard InChI is InChI=1S/C13H18N4/c14-5-2-6-16-7-9-17(10-8-16)13-4-1-3-12(15)11-13/h1,3-4,11H,2,6-10,15H2. The summed E-state index contributed by atoms with van der Waals surface area (Å²) in [5, 5.41) is 8.56. The number of rotatable bonds is 3. The summed E-state index contributed by atoms with van der Waals surface area (Å²) >= 11 is 0. The van der Waals surface area contributed by atoms with Gasteiger partial charge in [0.05, 0.1) is 6.07 Å². The summed E-state index contributed by atoms with van der Waals surface area (Å²) in [5.74, 6) is 0. The molecule has 4 nitrogen and oxygen atoms in total. The van der Waals surface area contributed by atoms with Crippen LogP contribution in [0, 0.1) is 11.3 Å². The summed E-state index contributed by atoms with van der Waals surface area (Å²) in [6, 6.07) is 10.2. The van der Waals surface area contributed by atoms with Crippen LogP contribution in [-0.2, 0) is 0 Å². The van der Waals surface area contributed by atoms with Crippen molar-refractivity contribution in [1.29, 1.82) is 5.26 Å². The molecule has 17 heavy (non-hydrogen) atoms. The van der Waals surface area contributed by atoms with E-state index in [1.807, 2.05) is 18.2 Å². The molecule has 2 rings (SSSR count). The molecule has 0 unspecified atom stereocenters. The van der Waals surface area contributed by atoms with Crippen molar-refractivity contribution < 1.29 is 0 Å². The minimum absolute atomic E-state index is 0.623. The Kier molecular flexibility index (Phi) is 3.84. The Bertz CT molecular complexity index is 402. The van der Waals surface area contributed by atoms with Gasteiger partial charge in [-0.1, -0.05) is 6.07 Å². The SMILES string of the molecule is N#CCCN1CCN(c2cccc(N)c2)CC1. The van der Waals surface area contributed by atoms with Crippen molar-refractivity contribution in [3.8, 4) is 6.07 Å². The maximum atomic E-state index is 8.56. The van der Waals surface area contributed by atoms with Crippen LogP contribution in [0.4, 0.5) is 11.4 Å². The van der Waals surface area contributed by atoms with Crippen LogP contribution in [0.1, 0.15) is 6.42 Å². The second-order valence-electron chi connectivity index (χ2n) is 4.33. The first-order valence-corrected chi connectivity index (χ1v) is 5.99. The van der Waals surface area contributed by atoms with E-state index in [-0.39, 0.29) is 0 Å². The fourth-order valence-electron chi connectivity index (χ4n) is 2.16. The molecule has 0 aliphatic carbocycles. The van der Waals surface area contributed by atoms with E-state index in [0.717, 1.165) is 38.4 Å². The molecule has 2 N–H and O–H groups in total. The highest BCUT2D eigenvalue weighted by Crippen LogP contribution is 2.18. The van der Waals surface area contributed by atoms with E-state index in [1.165, 1.54) is 5.69 Å². The Labute approximate surface area is 102 Å². The Morgan fingerprint density at radius 3 is 2.65 bits per heavy atom. The fourth-order valence-corrected chi connectivity index (χ4v) is 2.16. The number of nitrogens with two attached hydrogens (primary N) is 1. The molecular weight excluding hydrogens is 212 g/mol. The van der Waals surface area contributed by atoms with Gasteiger partial charge in [-0.3, -0.25) is 4.90 Å². The quantitative estimate of drug-likeness (QED) is 0.795. The van der Waals surface area contributed by atoms with Gasteiger partial charge in [0.15, 0.2) is 0 Å². The lowest BCUT2D eigenvalue weighted by Gasteiger charge is -2.35. The smallest absolute Gasteiger partial charge is 0.0635 e. The van der Waals surface area contributed by atoms with Gasteiger partial charge in [-0.15, -0.1) is 0 Å². The lowest BCUT2D eigenvalue weighted by Crippen LogP contribution is -2.46. The molecule has 0 bridgehead atoms. The summed E-state index contributed by atoms with van der Waals surface area (Å²) in [5.41, 5.74) is 7.80. The summed E-state index contributed by atoms with van der Waals surface area (Å²) in [4.78, 5) is 4.69. The topological polar surface area (TPSA) is 56.3 Å². The number of benzene rings is 1. The Balaban J connectivity index is 1.89. The zero-order valence-corrected chi connectivity index (χ0v) is 9.97. The van der Waals surface area contributed by atoms with Gasteiger partial charge >= 0.3 is 0 Å². The van der Waals surface area contributed by atoms with Crippen LogP contribution < -0.4 is 10.6 Å². The number of nitrogens with zero attached hydrogens (tertiary/aromatic N) is 3. The Hall–Kier alpha value is -1.73. The van der Waals surface area contributed by atoms with E-state index in [0.29, 0.717) is 6.42 Å². The average molecular weight is 230 g/mol. The molecule has 4 heteroatoms. The summed E-state index contributed by atoms with van der Waals surface area (Å²) in [7, 11) is 0. The van der Waals surface area contributed by atoms with Crippen LogP contribution in [0.3, 0.4) is 0 Å². The van der Waals surface area contributed by atoms with Crippen LogP contribution in [0.5, 0.6) is 0 Å². The average Bonchev–Trinajstić information content (AvgIpc) is 2.37. The van der Waals surface area contributed by atoms with Crippen molar-refractivity contribution in [3.63, 3.8) is 0 Å². The van der Waals surface area contributed by atoms with Crippen LogP contribution in [0.2, 0.25) is 0 Å². The Morgan fingerprint density at radius 1 is 1.24 bits per heavy atom. The lowest BCUT2D eigenvalue weighted by atomic mass is 10.2. The van der Waals surface area contributed by atoms with E-state index in [2.05, 4.69) is 21.9 Å². The van der Waals surface area contributed by atoms with Gasteiger partial charge in [0.2, 0.25) is 0 Å². The first-order valence-electron chi connectivity index (χ1n) is 5.99. The summed E-state index contributed by atoms with van der Waals surface area (Å²) < 4.78 is 0. The highest BCUT2D eigenvalue weighted by molar-refractivity contribution is 5.56. The van der Waals surface area contributed by atoms with Gasteiger partial charge in [0, 0.05) is 50.5 Å².